The molecule has 9 rings (SSSR count). The summed E-state index contributed by atoms with van der Waals surface area (Å²) in [7, 11) is 0. The van der Waals surface area contributed by atoms with Crippen LogP contribution in [0.4, 0.5) is 0 Å². The molecule has 0 heteroatoms. The second kappa shape index (κ2) is 17.1. The van der Waals surface area contributed by atoms with Crippen LogP contribution in [0.2, 0.25) is 0 Å². The zero-order valence-corrected chi connectivity index (χ0v) is 32.2. The molecule has 0 radical (unpaired) electrons. The average Bonchev–Trinajstić information content (AvgIpc) is 3.32. The first-order valence-electron chi connectivity index (χ1n) is 19.9. The topological polar surface area (TPSA) is 0 Å². The Labute approximate surface area is 342 Å². The second-order valence-electron chi connectivity index (χ2n) is 14.6. The van der Waals surface area contributed by atoms with E-state index in [2.05, 4.69) is 255 Å². The fourth-order valence-electron chi connectivity index (χ4n) is 7.58. The predicted octanol–water partition coefficient (Wildman–Crippen LogP) is 15.5. The maximum absolute atomic E-state index is 2.29. The van der Waals surface area contributed by atoms with Crippen molar-refractivity contribution in [1.29, 1.82) is 0 Å². The quantitative estimate of drug-likeness (QED) is 0.123. The van der Waals surface area contributed by atoms with Crippen LogP contribution in [0.1, 0.15) is 33.4 Å². The van der Waals surface area contributed by atoms with Crippen molar-refractivity contribution in [3.63, 3.8) is 0 Å². The highest BCUT2D eigenvalue weighted by molar-refractivity contribution is 5.93. The molecular weight excluding hydrogens is 697 g/mol. The fraction of sp³-hybridized carbons (Fsp3) is 0. The van der Waals surface area contributed by atoms with Crippen LogP contribution in [0, 0.1) is 0 Å². The van der Waals surface area contributed by atoms with Crippen molar-refractivity contribution in [2.45, 2.75) is 0 Å². The Morgan fingerprint density at radius 1 is 0.190 bits per heavy atom. The summed E-state index contributed by atoms with van der Waals surface area (Å²) in [6.07, 6.45) is 4.59. The SMILES string of the molecule is C(=C(/c1ccccc1)c1ccc(-c2ccc(-c3ccc(/C(=C/c4ccc(-c5ccccc5)cc4)c4ccccc4)cc3)cc2)cc1)/c1ccc(-c2ccccc2)cc1. The van der Waals surface area contributed by atoms with E-state index in [4.69, 9.17) is 0 Å². The molecule has 0 heterocycles. The van der Waals surface area contributed by atoms with Gasteiger partial charge in [0.2, 0.25) is 0 Å². The molecule has 0 bridgehead atoms. The molecule has 0 aliphatic carbocycles. The second-order valence-corrected chi connectivity index (χ2v) is 14.6. The molecule has 9 aromatic rings. The van der Waals surface area contributed by atoms with Gasteiger partial charge >= 0.3 is 0 Å². The van der Waals surface area contributed by atoms with Crippen molar-refractivity contribution >= 4 is 23.3 Å². The van der Waals surface area contributed by atoms with E-state index >= 15 is 0 Å². The third-order valence-corrected chi connectivity index (χ3v) is 10.8. The summed E-state index contributed by atoms with van der Waals surface area (Å²) in [5.41, 5.74) is 19.2. The largest absolute Gasteiger partial charge is 0.0622 e. The van der Waals surface area contributed by atoms with Crippen molar-refractivity contribution in [1.82, 2.24) is 0 Å². The fourth-order valence-corrected chi connectivity index (χ4v) is 7.58. The molecule has 58 heavy (non-hydrogen) atoms. The zero-order valence-electron chi connectivity index (χ0n) is 32.2. The highest BCUT2D eigenvalue weighted by atomic mass is 14.1. The van der Waals surface area contributed by atoms with E-state index in [0.717, 1.165) is 0 Å². The van der Waals surface area contributed by atoms with E-state index in [0.29, 0.717) is 0 Å². The smallest absolute Gasteiger partial charge is 0.0105 e. The van der Waals surface area contributed by atoms with Gasteiger partial charge in [-0.15, -0.1) is 0 Å². The van der Waals surface area contributed by atoms with Gasteiger partial charge in [0.15, 0.2) is 0 Å². The first-order chi connectivity index (χ1) is 28.7. The average molecular weight is 739 g/mol. The standard InChI is InChI=1S/C58H42/c1-5-13-45(14-6-1)47-25-21-43(22-26-47)41-57(53-17-9-3-10-18-53)55-37-33-51(34-38-55)49-29-31-50(32-30-49)52-35-39-56(40-36-52)58(54-19-11-4-12-20-54)42-44-23-27-48(28-24-44)46-15-7-2-8-16-46/h1-42H/b57-41+,58-42+. The monoisotopic (exact) mass is 738 g/mol. The van der Waals surface area contributed by atoms with Crippen molar-refractivity contribution in [3.8, 4) is 44.5 Å². The van der Waals surface area contributed by atoms with Gasteiger partial charge in [0.05, 0.1) is 0 Å². The van der Waals surface area contributed by atoms with Crippen LogP contribution in [0.5, 0.6) is 0 Å². The minimum absolute atomic E-state index is 1.17. The number of rotatable bonds is 10. The van der Waals surface area contributed by atoms with Gasteiger partial charge in [-0.25, -0.2) is 0 Å². The van der Waals surface area contributed by atoms with Crippen molar-refractivity contribution < 1.29 is 0 Å². The van der Waals surface area contributed by atoms with E-state index in [1.807, 2.05) is 0 Å². The summed E-state index contributed by atoms with van der Waals surface area (Å²) in [4.78, 5) is 0. The Morgan fingerprint density at radius 2 is 0.397 bits per heavy atom. The van der Waals surface area contributed by atoms with Crippen LogP contribution in [-0.4, -0.2) is 0 Å². The van der Waals surface area contributed by atoms with Crippen LogP contribution in [0.25, 0.3) is 67.8 Å². The van der Waals surface area contributed by atoms with Gasteiger partial charge < -0.3 is 0 Å². The summed E-state index contributed by atoms with van der Waals surface area (Å²) < 4.78 is 0. The first kappa shape index (κ1) is 36.1. The number of hydrogen-bond donors (Lipinski definition) is 0. The third-order valence-electron chi connectivity index (χ3n) is 10.8. The maximum Gasteiger partial charge on any atom is -0.0105 e. The molecular formula is C58H42. The molecule has 0 unspecified atom stereocenters. The van der Waals surface area contributed by atoms with Gasteiger partial charge in [-0.3, -0.25) is 0 Å². The van der Waals surface area contributed by atoms with Gasteiger partial charge in [0.25, 0.3) is 0 Å². The Balaban J connectivity index is 0.940. The predicted molar refractivity (Wildman–Crippen MR) is 248 cm³/mol. The molecule has 0 saturated heterocycles. The molecule has 0 nitrogen and oxygen atoms in total. The zero-order chi connectivity index (χ0) is 38.9. The van der Waals surface area contributed by atoms with Gasteiger partial charge in [0, 0.05) is 0 Å². The van der Waals surface area contributed by atoms with Crippen LogP contribution >= 0.6 is 0 Å². The summed E-state index contributed by atoms with van der Waals surface area (Å²) in [6, 6.07) is 86.9. The van der Waals surface area contributed by atoms with Crippen LogP contribution < -0.4 is 0 Å². The van der Waals surface area contributed by atoms with E-state index in [-0.39, 0.29) is 0 Å². The Hall–Kier alpha value is -7.54. The Morgan fingerprint density at radius 3 is 0.690 bits per heavy atom. The normalized spacial score (nSPS) is 11.7. The lowest BCUT2D eigenvalue weighted by atomic mass is 9.92. The summed E-state index contributed by atoms with van der Waals surface area (Å²) in [5.74, 6) is 0. The highest BCUT2D eigenvalue weighted by Gasteiger charge is 2.10. The molecule has 0 fully saturated rings. The van der Waals surface area contributed by atoms with Crippen molar-refractivity contribution in [3.05, 3.63) is 276 Å². The van der Waals surface area contributed by atoms with Crippen LogP contribution in [-0.2, 0) is 0 Å². The molecule has 0 aliphatic rings. The number of benzene rings is 9. The molecule has 0 saturated carbocycles. The lowest BCUT2D eigenvalue weighted by Crippen LogP contribution is -1.90. The third kappa shape index (κ3) is 8.33. The molecule has 0 aromatic heterocycles. The van der Waals surface area contributed by atoms with E-state index in [1.54, 1.807) is 0 Å². The van der Waals surface area contributed by atoms with Gasteiger partial charge in [-0.2, -0.15) is 0 Å². The molecule has 0 N–H and O–H groups in total. The minimum atomic E-state index is 1.17. The maximum atomic E-state index is 2.29. The molecule has 0 spiro atoms. The first-order valence-corrected chi connectivity index (χ1v) is 19.9. The van der Waals surface area contributed by atoms with Gasteiger partial charge in [-0.1, -0.05) is 243 Å². The minimum Gasteiger partial charge on any atom is -0.0622 e. The van der Waals surface area contributed by atoms with Crippen molar-refractivity contribution in [2.24, 2.45) is 0 Å². The van der Waals surface area contributed by atoms with Gasteiger partial charge in [-0.05, 0) is 101 Å². The Bertz CT molecular complexity index is 2560. The lowest BCUT2D eigenvalue weighted by Gasteiger charge is -2.12. The molecule has 0 aliphatic heterocycles. The molecule has 0 amide bonds. The van der Waals surface area contributed by atoms with Crippen molar-refractivity contribution in [2.75, 3.05) is 0 Å². The summed E-state index contributed by atoms with van der Waals surface area (Å²) in [5, 5.41) is 0. The molecule has 274 valence electrons. The summed E-state index contributed by atoms with van der Waals surface area (Å²) in [6.45, 7) is 0. The summed E-state index contributed by atoms with van der Waals surface area (Å²) >= 11 is 0. The number of hydrogen-bond acceptors (Lipinski definition) is 0. The van der Waals surface area contributed by atoms with Crippen LogP contribution in [0.3, 0.4) is 0 Å². The van der Waals surface area contributed by atoms with Gasteiger partial charge in [0.1, 0.15) is 0 Å². The van der Waals surface area contributed by atoms with Crippen LogP contribution in [0.15, 0.2) is 243 Å². The van der Waals surface area contributed by atoms with E-state index < -0.39 is 0 Å². The van der Waals surface area contributed by atoms with E-state index in [1.165, 1.54) is 89.0 Å². The molecule has 0 atom stereocenters. The highest BCUT2D eigenvalue weighted by Crippen LogP contribution is 2.33. The lowest BCUT2D eigenvalue weighted by molar-refractivity contribution is 1.53. The van der Waals surface area contributed by atoms with E-state index in [9.17, 15) is 0 Å². The molecule has 9 aromatic carbocycles. The Kier molecular flexibility index (Phi) is 10.6.